The van der Waals surface area contributed by atoms with E-state index in [1.807, 2.05) is 24.3 Å². The van der Waals surface area contributed by atoms with E-state index in [1.165, 1.54) is 11.1 Å². The Kier molecular flexibility index (Phi) is 3.72. The molecule has 0 spiro atoms. The van der Waals surface area contributed by atoms with Gasteiger partial charge in [0.05, 0.1) is 6.61 Å². The molecule has 0 unspecified atom stereocenters. The van der Waals surface area contributed by atoms with Crippen LogP contribution in [0.1, 0.15) is 18.1 Å². The smallest absolute Gasteiger partial charge is 0.279 e. The number of benzene rings is 2. The molecule has 0 saturated carbocycles. The molecule has 5 heteroatoms. The fourth-order valence-electron chi connectivity index (χ4n) is 1.95. The van der Waals surface area contributed by atoms with Gasteiger partial charge in [0.2, 0.25) is 0 Å². The quantitative estimate of drug-likeness (QED) is 0.462. The van der Waals surface area contributed by atoms with Crippen molar-refractivity contribution in [3.8, 4) is 11.1 Å². The summed E-state index contributed by atoms with van der Waals surface area (Å²) in [6.45, 7) is 2.36. The summed E-state index contributed by atoms with van der Waals surface area (Å²) < 4.78 is 24.7. The predicted octanol–water partition coefficient (Wildman–Crippen LogP) is 4.50. The summed E-state index contributed by atoms with van der Waals surface area (Å²) >= 11 is 0. The maximum absolute atomic E-state index is 11.2. The first-order valence-electron chi connectivity index (χ1n) is 6.49. The van der Waals surface area contributed by atoms with E-state index in [0.29, 0.717) is 0 Å². The summed E-state index contributed by atoms with van der Waals surface area (Å²) in [4.78, 5) is 0. The summed E-state index contributed by atoms with van der Waals surface area (Å²) in [5.41, 5.74) is 4.57. The lowest BCUT2D eigenvalue weighted by atomic mass is 10.0. The van der Waals surface area contributed by atoms with Crippen LogP contribution >= 0.6 is 7.82 Å². The highest BCUT2D eigenvalue weighted by Gasteiger charge is 2.45. The van der Waals surface area contributed by atoms with Gasteiger partial charge in [-0.05, 0) is 28.7 Å². The van der Waals surface area contributed by atoms with Crippen molar-refractivity contribution in [3.63, 3.8) is 0 Å². The summed E-state index contributed by atoms with van der Waals surface area (Å²) in [5, 5.41) is 0. The van der Waals surface area contributed by atoms with Gasteiger partial charge in [0.15, 0.2) is 0 Å². The normalized spacial score (nSPS) is 16.1. The molecule has 2 aromatic carbocycles. The second-order valence-corrected chi connectivity index (χ2v) is 6.07. The van der Waals surface area contributed by atoms with E-state index in [-0.39, 0.29) is 6.61 Å². The van der Waals surface area contributed by atoms with Crippen LogP contribution in [-0.4, -0.2) is 0 Å². The molecule has 1 fully saturated rings. The van der Waals surface area contributed by atoms with Crippen LogP contribution in [0.15, 0.2) is 48.5 Å². The van der Waals surface area contributed by atoms with E-state index in [0.717, 1.165) is 17.5 Å². The fourth-order valence-corrected chi connectivity index (χ4v) is 2.56. The van der Waals surface area contributed by atoms with Gasteiger partial charge in [0, 0.05) is 0 Å². The fraction of sp³-hybridized carbons (Fsp3) is 0.200. The van der Waals surface area contributed by atoms with E-state index in [1.54, 1.807) is 0 Å². The highest BCUT2D eigenvalue weighted by molar-refractivity contribution is 7.52. The summed E-state index contributed by atoms with van der Waals surface area (Å²) in [6, 6.07) is 16.4. The van der Waals surface area contributed by atoms with Crippen LogP contribution < -0.4 is 0 Å². The van der Waals surface area contributed by atoms with E-state index < -0.39 is 7.82 Å². The van der Waals surface area contributed by atoms with Gasteiger partial charge in [-0.25, -0.2) is 4.57 Å². The minimum Gasteiger partial charge on any atom is -0.279 e. The van der Waals surface area contributed by atoms with Gasteiger partial charge >= 0.3 is 7.82 Å². The van der Waals surface area contributed by atoms with Gasteiger partial charge < -0.3 is 0 Å². The Labute approximate surface area is 117 Å². The van der Waals surface area contributed by atoms with Gasteiger partial charge in [-0.3, -0.25) is 4.52 Å². The van der Waals surface area contributed by atoms with Gasteiger partial charge in [-0.1, -0.05) is 55.5 Å². The van der Waals surface area contributed by atoms with Crippen LogP contribution in [-0.2, 0) is 31.5 Å². The highest BCUT2D eigenvalue weighted by atomic mass is 31.2. The average Bonchev–Trinajstić information content (AvgIpc) is 3.24. The second-order valence-electron chi connectivity index (χ2n) is 4.62. The third-order valence-electron chi connectivity index (χ3n) is 3.24. The predicted molar refractivity (Wildman–Crippen MR) is 75.8 cm³/mol. The van der Waals surface area contributed by atoms with Crippen LogP contribution in [0, 0.1) is 0 Å². The van der Waals surface area contributed by atoms with Crippen LogP contribution in [0.25, 0.3) is 11.1 Å². The summed E-state index contributed by atoms with van der Waals surface area (Å²) in [7, 11) is -3.16. The first-order chi connectivity index (χ1) is 9.68. The summed E-state index contributed by atoms with van der Waals surface area (Å²) in [6.07, 6.45) is 1.04. The lowest BCUT2D eigenvalue weighted by Gasteiger charge is -2.05. The van der Waals surface area contributed by atoms with Gasteiger partial charge in [-0.15, -0.1) is 9.35 Å². The average molecular weight is 290 g/mol. The van der Waals surface area contributed by atoms with E-state index >= 15 is 0 Å². The van der Waals surface area contributed by atoms with Crippen LogP contribution in [0.4, 0.5) is 0 Å². The zero-order chi connectivity index (χ0) is 14.0. The zero-order valence-electron chi connectivity index (χ0n) is 11.1. The van der Waals surface area contributed by atoms with Crippen LogP contribution in [0.5, 0.6) is 0 Å². The number of aryl methyl sites for hydroxylation is 1. The van der Waals surface area contributed by atoms with Crippen LogP contribution in [0.2, 0.25) is 0 Å². The lowest BCUT2D eigenvalue weighted by molar-refractivity contribution is 0.0850. The molecule has 0 bridgehead atoms. The molecule has 1 heterocycles. The Morgan fingerprint density at radius 3 is 1.85 bits per heavy atom. The van der Waals surface area contributed by atoms with Crippen molar-refractivity contribution in [2.24, 2.45) is 0 Å². The molecule has 0 aliphatic carbocycles. The second kappa shape index (κ2) is 5.51. The SMILES string of the molecule is CCc1ccc(-c2ccc(COP3(=O)OO3)cc2)cc1. The van der Waals surface area contributed by atoms with Crippen molar-refractivity contribution in [1.82, 2.24) is 0 Å². The third kappa shape index (κ3) is 3.17. The molecule has 1 aliphatic heterocycles. The molecule has 3 rings (SSSR count). The Hall–Kier alpha value is -1.45. The maximum atomic E-state index is 11.2. The maximum Gasteiger partial charge on any atom is 0.530 e. The topological polar surface area (TPSA) is 51.4 Å². The molecular weight excluding hydrogens is 275 g/mol. The van der Waals surface area contributed by atoms with Crippen molar-refractivity contribution in [3.05, 3.63) is 59.7 Å². The largest absolute Gasteiger partial charge is 0.530 e. The van der Waals surface area contributed by atoms with E-state index in [9.17, 15) is 4.57 Å². The zero-order valence-corrected chi connectivity index (χ0v) is 12.0. The molecular formula is C15H15O4P. The van der Waals surface area contributed by atoms with Gasteiger partial charge in [0.25, 0.3) is 0 Å². The van der Waals surface area contributed by atoms with Crippen LogP contribution in [0.3, 0.4) is 0 Å². The molecule has 1 saturated heterocycles. The molecule has 0 amide bonds. The Balaban J connectivity index is 1.69. The van der Waals surface area contributed by atoms with E-state index in [2.05, 4.69) is 40.5 Å². The Morgan fingerprint density at radius 2 is 1.40 bits per heavy atom. The minimum atomic E-state index is -3.16. The van der Waals surface area contributed by atoms with Crippen molar-refractivity contribution >= 4 is 7.82 Å². The molecule has 20 heavy (non-hydrogen) atoms. The minimum absolute atomic E-state index is 0.215. The van der Waals surface area contributed by atoms with E-state index in [4.69, 9.17) is 4.52 Å². The van der Waals surface area contributed by atoms with Gasteiger partial charge in [0.1, 0.15) is 0 Å². The number of hydrogen-bond donors (Lipinski definition) is 0. The van der Waals surface area contributed by atoms with Gasteiger partial charge in [-0.2, -0.15) is 0 Å². The standard InChI is InChI=1S/C15H15O4P/c1-2-12-3-7-14(8-4-12)15-9-5-13(6-10-15)11-17-20(16)18-19-20/h3-10H,2,11H2,1H3. The first kappa shape index (κ1) is 13.5. The number of rotatable bonds is 5. The molecule has 4 nitrogen and oxygen atoms in total. The van der Waals surface area contributed by atoms with Crippen molar-refractivity contribution in [2.45, 2.75) is 20.0 Å². The third-order valence-corrected chi connectivity index (χ3v) is 4.07. The number of hydrogen-bond acceptors (Lipinski definition) is 4. The summed E-state index contributed by atoms with van der Waals surface area (Å²) in [5.74, 6) is 0. The Bertz CT molecular complexity index is 626. The highest BCUT2D eigenvalue weighted by Crippen LogP contribution is 2.65. The molecule has 104 valence electrons. The first-order valence-corrected chi connectivity index (χ1v) is 7.95. The molecule has 0 aromatic heterocycles. The van der Waals surface area contributed by atoms with Crippen molar-refractivity contribution in [1.29, 1.82) is 0 Å². The molecule has 0 atom stereocenters. The number of phosphoric acid groups is 1. The Morgan fingerprint density at radius 1 is 0.900 bits per heavy atom. The monoisotopic (exact) mass is 290 g/mol. The lowest BCUT2D eigenvalue weighted by Crippen LogP contribution is -1.87. The van der Waals surface area contributed by atoms with Crippen molar-refractivity contribution in [2.75, 3.05) is 0 Å². The molecule has 2 aromatic rings. The molecule has 0 N–H and O–H groups in total. The molecule has 1 aliphatic rings. The van der Waals surface area contributed by atoms with Crippen molar-refractivity contribution < 1.29 is 18.4 Å². The molecule has 0 radical (unpaired) electrons.